The Kier molecular flexibility index (Phi) is 5.47. The average Bonchev–Trinajstić information content (AvgIpc) is 2.82. The number of carbonyl (C=O) groups excluding carboxylic acids is 1. The predicted molar refractivity (Wildman–Crippen MR) is 82.3 cm³/mol. The summed E-state index contributed by atoms with van der Waals surface area (Å²) in [6, 6.07) is 7.65. The minimum absolute atomic E-state index is 0.220. The smallest absolute Gasteiger partial charge is 0.332 e. The zero-order chi connectivity index (χ0) is 14.4. The van der Waals surface area contributed by atoms with E-state index in [0.717, 1.165) is 34.8 Å². The third kappa shape index (κ3) is 3.76. The van der Waals surface area contributed by atoms with E-state index in [1.54, 1.807) is 6.20 Å². The molecule has 108 valence electrons. The second kappa shape index (κ2) is 7.33. The molecule has 0 fully saturated rings. The van der Waals surface area contributed by atoms with Gasteiger partial charge in [-0.25, -0.2) is 4.79 Å². The van der Waals surface area contributed by atoms with Crippen LogP contribution in [0.5, 0.6) is 5.75 Å². The normalized spacial score (nSPS) is 10.7. The van der Waals surface area contributed by atoms with Crippen molar-refractivity contribution in [3.63, 3.8) is 0 Å². The Morgan fingerprint density at radius 2 is 2.20 bits per heavy atom. The van der Waals surface area contributed by atoms with Crippen LogP contribution in [0.2, 0.25) is 0 Å². The third-order valence-electron chi connectivity index (χ3n) is 2.83. The SMILES string of the molecule is CCCC(=O)On1ccc2cc(OCCCBr)ccc21. The summed E-state index contributed by atoms with van der Waals surface area (Å²) in [5.41, 5.74) is 0.863. The molecule has 2 rings (SSSR count). The highest BCUT2D eigenvalue weighted by molar-refractivity contribution is 9.09. The quantitative estimate of drug-likeness (QED) is 0.572. The summed E-state index contributed by atoms with van der Waals surface area (Å²) in [6.07, 6.45) is 3.92. The lowest BCUT2D eigenvalue weighted by atomic mass is 10.2. The van der Waals surface area contributed by atoms with Crippen molar-refractivity contribution < 1.29 is 14.4 Å². The number of fused-ring (bicyclic) bond motifs is 1. The van der Waals surface area contributed by atoms with E-state index in [2.05, 4.69) is 15.9 Å². The fourth-order valence-corrected chi connectivity index (χ4v) is 2.10. The number of nitrogens with zero attached hydrogens (tertiary/aromatic N) is 1. The lowest BCUT2D eigenvalue weighted by Gasteiger charge is -2.07. The molecule has 0 aliphatic rings. The number of aromatic nitrogens is 1. The van der Waals surface area contributed by atoms with Crippen molar-refractivity contribution in [2.75, 3.05) is 11.9 Å². The van der Waals surface area contributed by atoms with Gasteiger partial charge in [-0.2, -0.15) is 4.73 Å². The third-order valence-corrected chi connectivity index (χ3v) is 3.39. The molecule has 0 spiro atoms. The lowest BCUT2D eigenvalue weighted by molar-refractivity contribution is -0.143. The average molecular weight is 340 g/mol. The number of hydrogen-bond acceptors (Lipinski definition) is 3. The molecule has 5 heteroatoms. The Labute approximate surface area is 126 Å². The molecule has 0 radical (unpaired) electrons. The van der Waals surface area contributed by atoms with Crippen molar-refractivity contribution in [2.24, 2.45) is 0 Å². The van der Waals surface area contributed by atoms with Gasteiger partial charge in [0.25, 0.3) is 0 Å². The molecule has 0 saturated heterocycles. The Balaban J connectivity index is 2.10. The van der Waals surface area contributed by atoms with Crippen LogP contribution in [0.15, 0.2) is 30.5 Å². The maximum absolute atomic E-state index is 11.5. The van der Waals surface area contributed by atoms with Gasteiger partial charge in [0.2, 0.25) is 0 Å². The highest BCUT2D eigenvalue weighted by atomic mass is 79.9. The van der Waals surface area contributed by atoms with Crippen LogP contribution >= 0.6 is 15.9 Å². The fraction of sp³-hybridized carbons (Fsp3) is 0.400. The summed E-state index contributed by atoms with van der Waals surface area (Å²) >= 11 is 3.37. The van der Waals surface area contributed by atoms with Crippen molar-refractivity contribution in [1.29, 1.82) is 0 Å². The van der Waals surface area contributed by atoms with E-state index in [1.165, 1.54) is 4.73 Å². The minimum atomic E-state index is -0.220. The zero-order valence-electron chi connectivity index (χ0n) is 11.5. The van der Waals surface area contributed by atoms with Crippen molar-refractivity contribution in [2.45, 2.75) is 26.2 Å². The second-order valence-electron chi connectivity index (χ2n) is 4.47. The highest BCUT2D eigenvalue weighted by Crippen LogP contribution is 2.21. The number of ether oxygens (including phenoxy) is 1. The van der Waals surface area contributed by atoms with E-state index in [0.29, 0.717) is 13.0 Å². The number of rotatable bonds is 7. The van der Waals surface area contributed by atoms with Crippen LogP contribution < -0.4 is 9.57 Å². The summed E-state index contributed by atoms with van der Waals surface area (Å²) in [5, 5.41) is 1.92. The predicted octanol–water partition coefficient (Wildman–Crippen LogP) is 3.56. The maximum Gasteiger partial charge on any atom is 0.332 e. The summed E-state index contributed by atoms with van der Waals surface area (Å²) in [4.78, 5) is 16.8. The highest BCUT2D eigenvalue weighted by Gasteiger charge is 2.07. The standard InChI is InChI=1S/C15H18BrNO3/c1-2-4-15(18)20-17-9-7-12-11-13(5-6-14(12)17)19-10-3-8-16/h5-7,9,11H,2-4,8,10H2,1H3. The molecule has 1 aromatic carbocycles. The number of carbonyl (C=O) groups is 1. The van der Waals surface area contributed by atoms with Gasteiger partial charge in [0.05, 0.1) is 12.1 Å². The van der Waals surface area contributed by atoms with Gasteiger partial charge in [-0.3, -0.25) is 0 Å². The number of alkyl halides is 1. The van der Waals surface area contributed by atoms with Gasteiger partial charge in [-0.05, 0) is 37.1 Å². The van der Waals surface area contributed by atoms with Crippen molar-refractivity contribution in [1.82, 2.24) is 4.73 Å². The van der Waals surface area contributed by atoms with Crippen LogP contribution in [-0.2, 0) is 4.79 Å². The van der Waals surface area contributed by atoms with E-state index in [-0.39, 0.29) is 5.97 Å². The van der Waals surface area contributed by atoms with Gasteiger partial charge in [0, 0.05) is 23.3 Å². The number of halogens is 1. The molecule has 20 heavy (non-hydrogen) atoms. The molecular weight excluding hydrogens is 322 g/mol. The van der Waals surface area contributed by atoms with Gasteiger partial charge < -0.3 is 9.57 Å². The molecule has 1 heterocycles. The second-order valence-corrected chi connectivity index (χ2v) is 5.26. The van der Waals surface area contributed by atoms with Crippen LogP contribution in [0.25, 0.3) is 10.9 Å². The first-order valence-electron chi connectivity index (χ1n) is 6.75. The van der Waals surface area contributed by atoms with Crippen LogP contribution in [0.3, 0.4) is 0 Å². The van der Waals surface area contributed by atoms with E-state index >= 15 is 0 Å². The summed E-state index contributed by atoms with van der Waals surface area (Å²) in [5.74, 6) is 0.610. The number of benzene rings is 1. The van der Waals surface area contributed by atoms with E-state index in [1.807, 2.05) is 31.2 Å². The molecule has 0 aliphatic heterocycles. The minimum Gasteiger partial charge on any atom is -0.494 e. The molecular formula is C15H18BrNO3. The fourth-order valence-electron chi connectivity index (χ4n) is 1.87. The molecule has 0 bridgehead atoms. The van der Waals surface area contributed by atoms with Crippen LogP contribution in [0.1, 0.15) is 26.2 Å². The molecule has 0 aliphatic carbocycles. The molecule has 0 atom stereocenters. The molecule has 0 amide bonds. The largest absolute Gasteiger partial charge is 0.494 e. The van der Waals surface area contributed by atoms with Crippen LogP contribution in [-0.4, -0.2) is 22.6 Å². The monoisotopic (exact) mass is 339 g/mol. The summed E-state index contributed by atoms with van der Waals surface area (Å²) < 4.78 is 7.15. The van der Waals surface area contributed by atoms with Gasteiger partial charge in [0.15, 0.2) is 0 Å². The van der Waals surface area contributed by atoms with Crippen LogP contribution in [0.4, 0.5) is 0 Å². The molecule has 0 N–H and O–H groups in total. The summed E-state index contributed by atoms with van der Waals surface area (Å²) in [6.45, 7) is 2.63. The molecule has 0 saturated carbocycles. The molecule has 2 aromatic rings. The Morgan fingerprint density at radius 1 is 1.35 bits per heavy atom. The lowest BCUT2D eigenvalue weighted by Crippen LogP contribution is -2.18. The van der Waals surface area contributed by atoms with Crippen LogP contribution in [0, 0.1) is 0 Å². The maximum atomic E-state index is 11.5. The topological polar surface area (TPSA) is 40.5 Å². The van der Waals surface area contributed by atoms with Crippen molar-refractivity contribution in [3.05, 3.63) is 30.5 Å². The number of hydrogen-bond donors (Lipinski definition) is 0. The first-order chi connectivity index (χ1) is 9.74. The molecule has 0 unspecified atom stereocenters. The van der Waals surface area contributed by atoms with E-state index in [9.17, 15) is 4.79 Å². The van der Waals surface area contributed by atoms with E-state index in [4.69, 9.17) is 9.57 Å². The Bertz CT molecular complexity index is 580. The first-order valence-corrected chi connectivity index (χ1v) is 7.87. The zero-order valence-corrected chi connectivity index (χ0v) is 13.1. The van der Waals surface area contributed by atoms with Gasteiger partial charge in [0.1, 0.15) is 5.75 Å². The van der Waals surface area contributed by atoms with Crippen molar-refractivity contribution >= 4 is 32.8 Å². The van der Waals surface area contributed by atoms with Gasteiger partial charge in [-0.15, -0.1) is 0 Å². The van der Waals surface area contributed by atoms with Gasteiger partial charge >= 0.3 is 5.97 Å². The van der Waals surface area contributed by atoms with Gasteiger partial charge in [-0.1, -0.05) is 22.9 Å². The van der Waals surface area contributed by atoms with E-state index < -0.39 is 0 Å². The van der Waals surface area contributed by atoms with Crippen molar-refractivity contribution in [3.8, 4) is 5.75 Å². The summed E-state index contributed by atoms with van der Waals surface area (Å²) in [7, 11) is 0. The Morgan fingerprint density at radius 3 is 2.95 bits per heavy atom. The molecule has 1 aromatic heterocycles. The molecule has 4 nitrogen and oxygen atoms in total. The first kappa shape index (κ1) is 14.9. The Hall–Kier alpha value is -1.49.